The van der Waals surface area contributed by atoms with E-state index in [-0.39, 0.29) is 0 Å². The van der Waals surface area contributed by atoms with Gasteiger partial charge >= 0.3 is 0 Å². The number of rotatable bonds is 3. The Bertz CT molecular complexity index is 569. The number of hydrogen-bond acceptors (Lipinski definition) is 4. The molecule has 86 valence electrons. The summed E-state index contributed by atoms with van der Waals surface area (Å²) in [6, 6.07) is 7.19. The molecule has 17 heavy (non-hydrogen) atoms. The van der Waals surface area contributed by atoms with Gasteiger partial charge in [-0.1, -0.05) is 11.6 Å². The van der Waals surface area contributed by atoms with Crippen LogP contribution in [0.15, 0.2) is 24.5 Å². The number of halogens is 1. The van der Waals surface area contributed by atoms with Crippen molar-refractivity contribution in [1.29, 1.82) is 5.26 Å². The number of anilines is 1. The lowest BCUT2D eigenvalue weighted by Crippen LogP contribution is -2.07. The number of hydrogen-bond donors (Lipinski definition) is 1. The topological polar surface area (TPSA) is 66.5 Å². The van der Waals surface area contributed by atoms with Crippen LogP contribution in [0.25, 0.3) is 0 Å². The molecule has 1 aromatic carbocycles. The minimum absolute atomic E-state index is 0.492. The number of aromatic nitrogens is 3. The van der Waals surface area contributed by atoms with E-state index in [1.54, 1.807) is 22.9 Å². The molecular weight excluding hydrogens is 238 g/mol. The summed E-state index contributed by atoms with van der Waals surface area (Å²) < 4.78 is 1.67. The molecule has 0 bridgehead atoms. The van der Waals surface area contributed by atoms with Crippen LogP contribution in [0.3, 0.4) is 0 Å². The Morgan fingerprint density at radius 1 is 1.53 bits per heavy atom. The van der Waals surface area contributed by atoms with Crippen molar-refractivity contribution < 1.29 is 0 Å². The van der Waals surface area contributed by atoms with Gasteiger partial charge in [0.2, 0.25) is 0 Å². The quantitative estimate of drug-likeness (QED) is 0.900. The fraction of sp³-hybridized carbons (Fsp3) is 0.182. The van der Waals surface area contributed by atoms with Crippen molar-refractivity contribution in [3.63, 3.8) is 0 Å². The Labute approximate surface area is 104 Å². The van der Waals surface area contributed by atoms with Crippen LogP contribution in [0.2, 0.25) is 5.02 Å². The summed E-state index contributed by atoms with van der Waals surface area (Å²) in [6.45, 7) is 0.492. The molecular formula is C11H10ClN5. The highest BCUT2D eigenvalue weighted by molar-refractivity contribution is 6.30. The van der Waals surface area contributed by atoms with Crippen molar-refractivity contribution in [2.45, 2.75) is 6.54 Å². The predicted molar refractivity (Wildman–Crippen MR) is 64.5 cm³/mol. The fourth-order valence-corrected chi connectivity index (χ4v) is 1.59. The second-order valence-corrected chi connectivity index (χ2v) is 3.89. The van der Waals surface area contributed by atoms with E-state index in [9.17, 15) is 0 Å². The maximum absolute atomic E-state index is 8.95. The van der Waals surface area contributed by atoms with Crippen LogP contribution in [0.4, 0.5) is 5.69 Å². The van der Waals surface area contributed by atoms with E-state index in [1.807, 2.05) is 7.05 Å². The van der Waals surface area contributed by atoms with Crippen LogP contribution in [0.1, 0.15) is 11.4 Å². The number of benzene rings is 1. The summed E-state index contributed by atoms with van der Waals surface area (Å²) in [6.07, 6.45) is 1.49. The molecule has 0 saturated carbocycles. The highest BCUT2D eigenvalue weighted by Crippen LogP contribution is 2.20. The van der Waals surface area contributed by atoms with Gasteiger partial charge in [0, 0.05) is 12.1 Å². The number of nitrogens with one attached hydrogen (secondary N) is 1. The van der Waals surface area contributed by atoms with Crippen LogP contribution in [0, 0.1) is 11.3 Å². The van der Waals surface area contributed by atoms with E-state index in [0.717, 1.165) is 5.82 Å². The molecule has 1 N–H and O–H groups in total. The molecule has 0 aliphatic rings. The fourth-order valence-electron chi connectivity index (χ4n) is 1.41. The maximum Gasteiger partial charge on any atom is 0.145 e. The maximum atomic E-state index is 8.95. The van der Waals surface area contributed by atoms with Crippen molar-refractivity contribution in [1.82, 2.24) is 14.8 Å². The highest BCUT2D eigenvalue weighted by atomic mass is 35.5. The Hall–Kier alpha value is -2.06. The number of nitrogens with zero attached hydrogens (tertiary/aromatic N) is 4. The Morgan fingerprint density at radius 2 is 2.35 bits per heavy atom. The average molecular weight is 248 g/mol. The minimum atomic E-state index is 0.492. The summed E-state index contributed by atoms with van der Waals surface area (Å²) in [7, 11) is 1.81. The summed E-state index contributed by atoms with van der Waals surface area (Å²) in [5, 5.41) is 16.6. The summed E-state index contributed by atoms with van der Waals surface area (Å²) in [5.41, 5.74) is 1.25. The van der Waals surface area contributed by atoms with E-state index >= 15 is 0 Å². The molecule has 0 unspecified atom stereocenters. The molecule has 0 fully saturated rings. The third kappa shape index (κ3) is 2.55. The third-order valence-corrected chi connectivity index (χ3v) is 2.58. The van der Waals surface area contributed by atoms with Crippen molar-refractivity contribution in [2.75, 3.05) is 5.32 Å². The zero-order valence-corrected chi connectivity index (χ0v) is 9.94. The Kier molecular flexibility index (Phi) is 3.26. The lowest BCUT2D eigenvalue weighted by Gasteiger charge is -2.07. The van der Waals surface area contributed by atoms with Gasteiger partial charge in [0.25, 0.3) is 0 Å². The van der Waals surface area contributed by atoms with Gasteiger partial charge in [0.15, 0.2) is 0 Å². The standard InChI is InChI=1S/C11H10ClN5/c1-17-11(15-7-16-17)6-14-10-4-9(12)3-2-8(10)5-13/h2-4,7,14H,6H2,1H3. The van der Waals surface area contributed by atoms with Crippen molar-refractivity contribution >= 4 is 17.3 Å². The average Bonchev–Trinajstić information content (AvgIpc) is 2.72. The first-order valence-electron chi connectivity index (χ1n) is 4.97. The molecule has 2 aromatic rings. The van der Waals surface area contributed by atoms with Crippen LogP contribution in [0.5, 0.6) is 0 Å². The van der Waals surface area contributed by atoms with Crippen molar-refractivity contribution in [3.05, 3.63) is 40.9 Å². The first kappa shape index (κ1) is 11.4. The molecule has 6 heteroatoms. The molecule has 2 rings (SSSR count). The smallest absolute Gasteiger partial charge is 0.145 e. The lowest BCUT2D eigenvalue weighted by atomic mass is 10.2. The van der Waals surface area contributed by atoms with Gasteiger partial charge in [-0.05, 0) is 18.2 Å². The predicted octanol–water partition coefficient (Wildman–Crippen LogP) is 1.95. The number of nitriles is 1. The molecule has 0 radical (unpaired) electrons. The molecule has 1 aromatic heterocycles. The molecule has 5 nitrogen and oxygen atoms in total. The second-order valence-electron chi connectivity index (χ2n) is 3.46. The number of aryl methyl sites for hydroxylation is 1. The molecule has 0 spiro atoms. The van der Waals surface area contributed by atoms with E-state index in [1.165, 1.54) is 6.33 Å². The van der Waals surface area contributed by atoms with Crippen LogP contribution in [-0.2, 0) is 13.6 Å². The van der Waals surface area contributed by atoms with Crippen LogP contribution >= 0.6 is 11.6 Å². The second kappa shape index (κ2) is 4.85. The Morgan fingerprint density at radius 3 is 3.00 bits per heavy atom. The van der Waals surface area contributed by atoms with Gasteiger partial charge in [0.1, 0.15) is 18.2 Å². The van der Waals surface area contributed by atoms with Crippen molar-refractivity contribution in [2.24, 2.45) is 7.05 Å². The van der Waals surface area contributed by atoms with Gasteiger partial charge in [-0.25, -0.2) is 4.98 Å². The van der Waals surface area contributed by atoms with E-state index in [4.69, 9.17) is 16.9 Å². The summed E-state index contributed by atoms with van der Waals surface area (Å²) >= 11 is 5.88. The first-order valence-corrected chi connectivity index (χ1v) is 5.35. The normalized spacial score (nSPS) is 9.94. The molecule has 1 heterocycles. The zero-order valence-electron chi connectivity index (χ0n) is 9.18. The van der Waals surface area contributed by atoms with Gasteiger partial charge in [-0.2, -0.15) is 10.4 Å². The minimum Gasteiger partial charge on any atom is -0.377 e. The van der Waals surface area contributed by atoms with E-state index in [0.29, 0.717) is 22.8 Å². The molecule has 0 saturated heterocycles. The van der Waals surface area contributed by atoms with Gasteiger partial charge < -0.3 is 5.32 Å². The largest absolute Gasteiger partial charge is 0.377 e. The first-order chi connectivity index (χ1) is 8.20. The third-order valence-electron chi connectivity index (χ3n) is 2.34. The molecule has 0 atom stereocenters. The molecule has 0 aliphatic heterocycles. The van der Waals surface area contributed by atoms with E-state index < -0.39 is 0 Å². The Balaban J connectivity index is 2.17. The van der Waals surface area contributed by atoms with Gasteiger partial charge in [-0.15, -0.1) is 0 Å². The van der Waals surface area contributed by atoms with Gasteiger partial charge in [-0.3, -0.25) is 4.68 Å². The SMILES string of the molecule is Cn1ncnc1CNc1cc(Cl)ccc1C#N. The van der Waals surface area contributed by atoms with Crippen LogP contribution in [-0.4, -0.2) is 14.8 Å². The summed E-state index contributed by atoms with van der Waals surface area (Å²) in [4.78, 5) is 4.08. The summed E-state index contributed by atoms with van der Waals surface area (Å²) in [5.74, 6) is 0.786. The lowest BCUT2D eigenvalue weighted by molar-refractivity contribution is 0.712. The van der Waals surface area contributed by atoms with Crippen LogP contribution < -0.4 is 5.32 Å². The zero-order chi connectivity index (χ0) is 12.3. The molecule has 0 aliphatic carbocycles. The monoisotopic (exact) mass is 247 g/mol. The van der Waals surface area contributed by atoms with Gasteiger partial charge in [0.05, 0.1) is 17.8 Å². The molecule has 0 amide bonds. The van der Waals surface area contributed by atoms with E-state index in [2.05, 4.69) is 21.5 Å². The highest BCUT2D eigenvalue weighted by Gasteiger charge is 2.04. The van der Waals surface area contributed by atoms with Crippen molar-refractivity contribution in [3.8, 4) is 6.07 Å².